The van der Waals surface area contributed by atoms with Crippen LogP contribution in [0.25, 0.3) is 0 Å². The van der Waals surface area contributed by atoms with Crippen LogP contribution >= 0.6 is 0 Å². The zero-order valence-corrected chi connectivity index (χ0v) is 33.6. The highest BCUT2D eigenvalue weighted by atomic mass is 16.6. The van der Waals surface area contributed by atoms with E-state index in [-0.39, 0.29) is 37.0 Å². The molecule has 0 unspecified atom stereocenters. The van der Waals surface area contributed by atoms with Gasteiger partial charge in [0.15, 0.2) is 5.78 Å². The first kappa shape index (κ1) is 47.9. The number of aliphatic hydroxyl groups excluding tert-OH is 3. The number of Topliss-reactive ketones (excluding diaryl/α,β-unsaturated/α-hetero) is 1. The summed E-state index contributed by atoms with van der Waals surface area (Å²) in [5.74, 6) is -2.43. The first-order valence-electron chi connectivity index (χ1n) is 21.6. The van der Waals surface area contributed by atoms with Crippen LogP contribution in [0.5, 0.6) is 0 Å². The molecule has 1 heterocycles. The van der Waals surface area contributed by atoms with Gasteiger partial charge in [-0.2, -0.15) is 0 Å². The summed E-state index contributed by atoms with van der Waals surface area (Å²) in [6.07, 6.45) is 24.2. The Morgan fingerprint density at radius 3 is 1.45 bits per heavy atom. The fourth-order valence-electron chi connectivity index (χ4n) is 7.44. The highest BCUT2D eigenvalue weighted by Crippen LogP contribution is 2.32. The van der Waals surface area contributed by atoms with E-state index in [1.165, 1.54) is 114 Å². The van der Waals surface area contributed by atoms with Crippen molar-refractivity contribution < 1.29 is 29.6 Å². The molecule has 1 amide bonds. The number of ether oxygens (including phenoxy) is 1. The van der Waals surface area contributed by atoms with Gasteiger partial charge in [0, 0.05) is 19.4 Å². The van der Waals surface area contributed by atoms with E-state index in [2.05, 4.69) is 13.8 Å². The van der Waals surface area contributed by atoms with Crippen LogP contribution in [-0.2, 0) is 14.3 Å². The number of ketones is 1. The summed E-state index contributed by atoms with van der Waals surface area (Å²) >= 11 is 0. The number of rotatable bonds is 33. The fraction of sp³-hybridized carbons (Fsp3) is 0.952. The number of hydrogen-bond donors (Lipinski definition) is 5. The lowest BCUT2D eigenvalue weighted by Crippen LogP contribution is -2.76. The molecule has 51 heavy (non-hydrogen) atoms. The Kier molecular flexibility index (Phi) is 27.5. The molecule has 1 fully saturated rings. The van der Waals surface area contributed by atoms with E-state index in [1.54, 1.807) is 0 Å². The van der Waals surface area contributed by atoms with Gasteiger partial charge in [0.2, 0.25) is 11.8 Å². The van der Waals surface area contributed by atoms with Crippen LogP contribution in [0.3, 0.4) is 0 Å². The molecule has 0 spiro atoms. The van der Waals surface area contributed by atoms with E-state index >= 15 is 0 Å². The second-order valence-corrected chi connectivity index (χ2v) is 16.2. The predicted molar refractivity (Wildman–Crippen MR) is 210 cm³/mol. The number of carbonyl (C=O) groups excluding carboxylic acids is 2. The van der Waals surface area contributed by atoms with Crippen molar-refractivity contribution in [2.24, 2.45) is 17.4 Å². The molecule has 0 aromatic rings. The maximum absolute atomic E-state index is 13.8. The maximum Gasteiger partial charge on any atom is 0.227 e. The SMILES string of the molecule is CCCCCCCCCCCCCCCCCCN(C(=O)CCCCCCCCCCC)[C@]1(N)O[C@H](CC(=O)[C@@H](N)CC(C)C)[C@@H](O)[C@H](O)[C@H]1O. The molecule has 0 radical (unpaired) electrons. The molecule has 1 saturated heterocycles. The van der Waals surface area contributed by atoms with Gasteiger partial charge in [0.25, 0.3) is 0 Å². The second-order valence-electron chi connectivity index (χ2n) is 16.2. The van der Waals surface area contributed by atoms with E-state index in [4.69, 9.17) is 16.2 Å². The molecule has 6 atom stereocenters. The molecule has 9 nitrogen and oxygen atoms in total. The molecule has 1 aliphatic heterocycles. The molecular formula is C42H83N3O6. The van der Waals surface area contributed by atoms with Gasteiger partial charge >= 0.3 is 0 Å². The molecule has 0 aliphatic carbocycles. The van der Waals surface area contributed by atoms with Gasteiger partial charge in [-0.15, -0.1) is 0 Å². The number of aliphatic hydroxyl groups is 3. The maximum atomic E-state index is 13.8. The highest BCUT2D eigenvalue weighted by Gasteiger charge is 2.56. The van der Waals surface area contributed by atoms with E-state index in [1.807, 2.05) is 13.8 Å². The monoisotopic (exact) mass is 726 g/mol. The quantitative estimate of drug-likeness (QED) is 0.0333. The summed E-state index contributed by atoms with van der Waals surface area (Å²) in [4.78, 5) is 28.1. The predicted octanol–water partition coefficient (Wildman–Crippen LogP) is 8.42. The minimum Gasteiger partial charge on any atom is -0.388 e. The zero-order valence-electron chi connectivity index (χ0n) is 33.6. The Morgan fingerprint density at radius 2 is 1.04 bits per heavy atom. The lowest BCUT2D eigenvalue weighted by atomic mass is 9.89. The van der Waals surface area contributed by atoms with E-state index < -0.39 is 36.3 Å². The van der Waals surface area contributed by atoms with Gasteiger partial charge in [0.05, 0.1) is 12.1 Å². The largest absolute Gasteiger partial charge is 0.388 e. The number of nitrogens with zero attached hydrogens (tertiary/aromatic N) is 1. The average molecular weight is 726 g/mol. The summed E-state index contributed by atoms with van der Waals surface area (Å²) < 4.78 is 6.10. The molecule has 0 aromatic heterocycles. The smallest absolute Gasteiger partial charge is 0.227 e. The van der Waals surface area contributed by atoms with Crippen LogP contribution in [0, 0.1) is 5.92 Å². The molecular weight excluding hydrogens is 642 g/mol. The summed E-state index contributed by atoms with van der Waals surface area (Å²) in [5, 5.41) is 32.9. The zero-order chi connectivity index (χ0) is 37.9. The van der Waals surface area contributed by atoms with Crippen LogP contribution in [0.15, 0.2) is 0 Å². The molecule has 302 valence electrons. The standard InChI is InChI=1S/C42H83N3O6/c1-5-7-9-11-13-15-16-17-18-19-20-21-23-25-27-29-31-45(38(47)30-28-26-24-22-14-12-10-8-6-2)42(44)41(50)40(49)39(48)37(51-42)33-36(46)35(43)32-34(3)4/h34-35,37,39-41,48-50H,5-33,43-44H2,1-4H3/t35-,37+,39+,40-,41+,42-/m0/s1. The molecule has 0 bridgehead atoms. The summed E-state index contributed by atoms with van der Waals surface area (Å²) in [7, 11) is 0. The normalized spacial score (nSPS) is 22.8. The Balaban J connectivity index is 2.69. The van der Waals surface area contributed by atoms with Gasteiger partial charge in [-0.05, 0) is 25.2 Å². The molecule has 9 heteroatoms. The van der Waals surface area contributed by atoms with Gasteiger partial charge < -0.3 is 25.8 Å². The molecule has 0 saturated carbocycles. The van der Waals surface area contributed by atoms with E-state index in [0.29, 0.717) is 19.3 Å². The molecule has 1 aliphatic rings. The van der Waals surface area contributed by atoms with Crippen molar-refractivity contribution in [2.45, 2.75) is 244 Å². The van der Waals surface area contributed by atoms with Gasteiger partial charge in [-0.25, -0.2) is 0 Å². The summed E-state index contributed by atoms with van der Waals surface area (Å²) in [5.41, 5.74) is 12.8. The van der Waals surface area contributed by atoms with Crippen LogP contribution < -0.4 is 11.5 Å². The minimum absolute atomic E-state index is 0.205. The van der Waals surface area contributed by atoms with Gasteiger partial charge in [-0.3, -0.25) is 20.2 Å². The van der Waals surface area contributed by atoms with Crippen molar-refractivity contribution >= 4 is 11.7 Å². The topological polar surface area (TPSA) is 159 Å². The van der Waals surface area contributed by atoms with Crippen molar-refractivity contribution in [3.05, 3.63) is 0 Å². The van der Waals surface area contributed by atoms with Crippen molar-refractivity contribution in [3.8, 4) is 0 Å². The summed E-state index contributed by atoms with van der Waals surface area (Å²) in [6, 6.07) is -0.744. The first-order chi connectivity index (χ1) is 24.5. The van der Waals surface area contributed by atoms with Crippen molar-refractivity contribution in [3.63, 3.8) is 0 Å². The lowest BCUT2D eigenvalue weighted by molar-refractivity contribution is -0.309. The van der Waals surface area contributed by atoms with Crippen LogP contribution in [0.4, 0.5) is 0 Å². The van der Waals surface area contributed by atoms with E-state index in [9.17, 15) is 24.9 Å². The number of hydrogen-bond acceptors (Lipinski definition) is 8. The van der Waals surface area contributed by atoms with Crippen LogP contribution in [-0.4, -0.2) is 74.8 Å². The highest BCUT2D eigenvalue weighted by molar-refractivity contribution is 5.84. The third-order valence-electron chi connectivity index (χ3n) is 10.8. The number of nitrogens with two attached hydrogens (primary N) is 2. The van der Waals surface area contributed by atoms with Gasteiger partial charge in [0.1, 0.15) is 18.3 Å². The lowest BCUT2D eigenvalue weighted by Gasteiger charge is -2.51. The Labute approximate surface area is 313 Å². The van der Waals surface area contributed by atoms with Crippen molar-refractivity contribution in [2.75, 3.05) is 6.54 Å². The third-order valence-corrected chi connectivity index (χ3v) is 10.8. The number of carbonyl (C=O) groups is 2. The Bertz CT molecular complexity index is 876. The fourth-order valence-corrected chi connectivity index (χ4v) is 7.44. The van der Waals surface area contributed by atoms with Crippen LogP contribution in [0.2, 0.25) is 0 Å². The first-order valence-corrected chi connectivity index (χ1v) is 21.6. The average Bonchev–Trinajstić information content (AvgIpc) is 3.09. The minimum atomic E-state index is -2.07. The molecule has 7 N–H and O–H groups in total. The Hall–Kier alpha value is -1.10. The summed E-state index contributed by atoms with van der Waals surface area (Å²) in [6.45, 7) is 8.69. The Morgan fingerprint density at radius 1 is 0.647 bits per heavy atom. The number of unbranched alkanes of at least 4 members (excludes halogenated alkanes) is 23. The van der Waals surface area contributed by atoms with Crippen LogP contribution in [0.1, 0.15) is 207 Å². The van der Waals surface area contributed by atoms with Crippen molar-refractivity contribution in [1.82, 2.24) is 4.90 Å². The molecule has 0 aromatic carbocycles. The van der Waals surface area contributed by atoms with Crippen molar-refractivity contribution in [1.29, 1.82) is 0 Å². The molecule has 1 rings (SSSR count). The van der Waals surface area contributed by atoms with E-state index in [0.717, 1.165) is 38.5 Å². The third kappa shape index (κ3) is 20.2. The number of amides is 1. The van der Waals surface area contributed by atoms with Gasteiger partial charge in [-0.1, -0.05) is 175 Å². The second kappa shape index (κ2) is 29.3.